The molecule has 3 aromatic rings. The summed E-state index contributed by atoms with van der Waals surface area (Å²) in [6.07, 6.45) is 2.45. The number of aromatic nitrogens is 3. The average molecular weight is 309 g/mol. The molecule has 118 valence electrons. The number of aryl methyl sites for hydroxylation is 3. The van der Waals surface area contributed by atoms with Gasteiger partial charge in [-0.2, -0.15) is 0 Å². The fraction of sp³-hybridized carbons (Fsp3) is 0.278. The highest BCUT2D eigenvalue weighted by Gasteiger charge is 2.14. The van der Waals surface area contributed by atoms with Crippen molar-refractivity contribution in [3.8, 4) is 11.5 Å². The van der Waals surface area contributed by atoms with E-state index in [1.54, 1.807) is 6.20 Å². The van der Waals surface area contributed by atoms with Gasteiger partial charge in [0.05, 0.1) is 11.0 Å². The Bertz CT molecular complexity index is 854. The lowest BCUT2D eigenvalue weighted by atomic mass is 10.1. The van der Waals surface area contributed by atoms with Crippen molar-refractivity contribution in [2.75, 3.05) is 0 Å². The minimum atomic E-state index is -0.777. The normalized spacial score (nSPS) is 11.0. The molecular weight excluding hydrogens is 290 g/mol. The smallest absolute Gasteiger partial charge is 0.303 e. The van der Waals surface area contributed by atoms with Crippen molar-refractivity contribution in [3.05, 3.63) is 47.7 Å². The van der Waals surface area contributed by atoms with E-state index in [0.717, 1.165) is 22.6 Å². The number of nitrogens with zero attached hydrogens (tertiary/aromatic N) is 3. The Kier molecular flexibility index (Phi) is 4.10. The predicted molar refractivity (Wildman–Crippen MR) is 89.3 cm³/mol. The predicted octanol–water partition coefficient (Wildman–Crippen LogP) is 3.58. The number of hydrogen-bond donors (Lipinski definition) is 1. The summed E-state index contributed by atoms with van der Waals surface area (Å²) >= 11 is 0. The largest absolute Gasteiger partial charge is 0.481 e. The molecule has 5 nitrogen and oxygen atoms in total. The quantitative estimate of drug-likeness (QED) is 0.782. The first-order valence-electron chi connectivity index (χ1n) is 7.67. The van der Waals surface area contributed by atoms with Gasteiger partial charge < -0.3 is 9.67 Å². The van der Waals surface area contributed by atoms with Gasteiger partial charge in [0.15, 0.2) is 5.82 Å². The van der Waals surface area contributed by atoms with Crippen molar-refractivity contribution in [2.24, 2.45) is 0 Å². The third-order valence-electron chi connectivity index (χ3n) is 4.03. The number of hydrogen-bond acceptors (Lipinski definition) is 3. The van der Waals surface area contributed by atoms with E-state index in [1.165, 1.54) is 11.1 Å². The van der Waals surface area contributed by atoms with Gasteiger partial charge in [0, 0.05) is 19.2 Å². The summed E-state index contributed by atoms with van der Waals surface area (Å²) in [5, 5.41) is 8.88. The van der Waals surface area contributed by atoms with E-state index < -0.39 is 5.97 Å². The second-order valence-corrected chi connectivity index (χ2v) is 5.72. The molecule has 0 unspecified atom stereocenters. The lowest BCUT2D eigenvalue weighted by molar-refractivity contribution is -0.137. The maximum atomic E-state index is 10.8. The SMILES string of the molecule is Cc1cc2nc(-c3ccccn3)n(CCCC(=O)O)c2cc1C. The van der Waals surface area contributed by atoms with Gasteiger partial charge in [-0.3, -0.25) is 9.78 Å². The molecule has 5 heteroatoms. The monoisotopic (exact) mass is 309 g/mol. The molecule has 0 saturated heterocycles. The van der Waals surface area contributed by atoms with Crippen LogP contribution in [0.2, 0.25) is 0 Å². The lowest BCUT2D eigenvalue weighted by Gasteiger charge is -2.09. The molecule has 1 N–H and O–H groups in total. The topological polar surface area (TPSA) is 68.0 Å². The van der Waals surface area contributed by atoms with Crippen LogP contribution in [-0.4, -0.2) is 25.6 Å². The Labute approximate surface area is 134 Å². The Morgan fingerprint density at radius 2 is 2.00 bits per heavy atom. The second-order valence-electron chi connectivity index (χ2n) is 5.72. The van der Waals surface area contributed by atoms with Gasteiger partial charge >= 0.3 is 5.97 Å². The molecule has 3 rings (SSSR count). The molecule has 0 aliphatic carbocycles. The summed E-state index contributed by atoms with van der Waals surface area (Å²) in [5.74, 6) is 0.0109. The fourth-order valence-corrected chi connectivity index (χ4v) is 2.69. The number of aliphatic carboxylic acids is 1. The van der Waals surface area contributed by atoms with Crippen LogP contribution in [0.3, 0.4) is 0 Å². The summed E-state index contributed by atoms with van der Waals surface area (Å²) in [6, 6.07) is 9.92. The Morgan fingerprint density at radius 1 is 1.22 bits per heavy atom. The number of imidazole rings is 1. The van der Waals surface area contributed by atoms with E-state index in [1.807, 2.05) is 18.2 Å². The average Bonchev–Trinajstić information content (AvgIpc) is 2.86. The van der Waals surface area contributed by atoms with E-state index in [9.17, 15) is 4.79 Å². The zero-order valence-electron chi connectivity index (χ0n) is 13.3. The molecule has 23 heavy (non-hydrogen) atoms. The Balaban J connectivity index is 2.11. The van der Waals surface area contributed by atoms with Crippen LogP contribution in [0, 0.1) is 13.8 Å². The van der Waals surface area contributed by atoms with Gasteiger partial charge in [0.2, 0.25) is 0 Å². The van der Waals surface area contributed by atoms with Crippen LogP contribution in [0.4, 0.5) is 0 Å². The molecule has 2 aromatic heterocycles. The number of carboxylic acids is 1. The molecule has 0 aliphatic rings. The first-order valence-corrected chi connectivity index (χ1v) is 7.67. The van der Waals surface area contributed by atoms with Crippen molar-refractivity contribution in [3.63, 3.8) is 0 Å². The number of benzene rings is 1. The summed E-state index contributed by atoms with van der Waals surface area (Å²) in [6.45, 7) is 4.75. The molecule has 0 saturated carbocycles. The highest BCUT2D eigenvalue weighted by atomic mass is 16.4. The van der Waals surface area contributed by atoms with Gasteiger partial charge in [-0.25, -0.2) is 4.98 Å². The van der Waals surface area contributed by atoms with Crippen molar-refractivity contribution in [2.45, 2.75) is 33.2 Å². The van der Waals surface area contributed by atoms with Crippen LogP contribution in [0.1, 0.15) is 24.0 Å². The molecule has 1 aromatic carbocycles. The second kappa shape index (κ2) is 6.20. The standard InChI is InChI=1S/C18H19N3O2/c1-12-10-15-16(11-13(12)2)21(9-5-7-17(22)23)18(20-15)14-6-3-4-8-19-14/h3-4,6,8,10-11H,5,7,9H2,1-2H3,(H,22,23). The van der Waals surface area contributed by atoms with Crippen LogP contribution in [0.25, 0.3) is 22.6 Å². The molecule has 0 spiro atoms. The van der Waals surface area contributed by atoms with Gasteiger partial charge in [-0.1, -0.05) is 6.07 Å². The molecule has 0 bridgehead atoms. The third-order valence-corrected chi connectivity index (χ3v) is 4.03. The first-order chi connectivity index (χ1) is 11.1. The summed E-state index contributed by atoms with van der Waals surface area (Å²) in [5.41, 5.74) is 5.14. The van der Waals surface area contributed by atoms with Crippen molar-refractivity contribution < 1.29 is 9.90 Å². The minimum Gasteiger partial charge on any atom is -0.481 e. The fourth-order valence-electron chi connectivity index (χ4n) is 2.69. The van der Waals surface area contributed by atoms with Gasteiger partial charge in [0.1, 0.15) is 5.69 Å². The number of carboxylic acid groups (broad SMARTS) is 1. The summed E-state index contributed by atoms with van der Waals surface area (Å²) in [7, 11) is 0. The number of rotatable bonds is 5. The number of fused-ring (bicyclic) bond motifs is 1. The third kappa shape index (κ3) is 3.08. The van der Waals surface area contributed by atoms with Crippen LogP contribution in [0.5, 0.6) is 0 Å². The van der Waals surface area contributed by atoms with Gasteiger partial charge in [-0.15, -0.1) is 0 Å². The van der Waals surface area contributed by atoms with Crippen LogP contribution in [0.15, 0.2) is 36.5 Å². The zero-order chi connectivity index (χ0) is 16.4. The first kappa shape index (κ1) is 15.2. The van der Waals surface area contributed by atoms with Gasteiger partial charge in [0.25, 0.3) is 0 Å². The molecule has 0 fully saturated rings. The van der Waals surface area contributed by atoms with Crippen LogP contribution < -0.4 is 0 Å². The molecular formula is C18H19N3O2. The van der Waals surface area contributed by atoms with Crippen molar-refractivity contribution in [1.29, 1.82) is 0 Å². The van der Waals surface area contributed by atoms with E-state index in [0.29, 0.717) is 13.0 Å². The zero-order valence-corrected chi connectivity index (χ0v) is 13.3. The molecule has 2 heterocycles. The number of carbonyl (C=O) groups is 1. The highest BCUT2D eigenvalue weighted by Crippen LogP contribution is 2.26. The maximum absolute atomic E-state index is 10.8. The Hall–Kier alpha value is -2.69. The molecule has 0 aliphatic heterocycles. The lowest BCUT2D eigenvalue weighted by Crippen LogP contribution is -2.04. The maximum Gasteiger partial charge on any atom is 0.303 e. The van der Waals surface area contributed by atoms with E-state index in [4.69, 9.17) is 10.1 Å². The molecule has 0 atom stereocenters. The van der Waals surface area contributed by atoms with Gasteiger partial charge in [-0.05, 0) is 55.7 Å². The number of pyridine rings is 1. The van der Waals surface area contributed by atoms with Crippen LogP contribution in [-0.2, 0) is 11.3 Å². The molecule has 0 amide bonds. The summed E-state index contributed by atoms with van der Waals surface area (Å²) in [4.78, 5) is 19.9. The van der Waals surface area contributed by atoms with E-state index in [2.05, 4.69) is 35.5 Å². The minimum absolute atomic E-state index is 0.145. The van der Waals surface area contributed by atoms with E-state index >= 15 is 0 Å². The Morgan fingerprint density at radius 3 is 2.70 bits per heavy atom. The van der Waals surface area contributed by atoms with E-state index in [-0.39, 0.29) is 6.42 Å². The van der Waals surface area contributed by atoms with Crippen molar-refractivity contribution >= 4 is 17.0 Å². The highest BCUT2D eigenvalue weighted by molar-refractivity contribution is 5.81. The summed E-state index contributed by atoms with van der Waals surface area (Å²) < 4.78 is 2.08. The molecule has 0 radical (unpaired) electrons. The van der Waals surface area contributed by atoms with Crippen LogP contribution >= 0.6 is 0 Å². The van der Waals surface area contributed by atoms with Crippen molar-refractivity contribution in [1.82, 2.24) is 14.5 Å².